The second kappa shape index (κ2) is 8.08. The van der Waals surface area contributed by atoms with Gasteiger partial charge in [-0.25, -0.2) is 17.5 Å². The van der Waals surface area contributed by atoms with Gasteiger partial charge < -0.3 is 5.11 Å². The van der Waals surface area contributed by atoms with Crippen molar-refractivity contribution in [3.8, 4) is 0 Å². The number of hydrogen-bond donors (Lipinski definition) is 2. The van der Waals surface area contributed by atoms with Crippen molar-refractivity contribution in [2.45, 2.75) is 44.6 Å². The Morgan fingerprint density at radius 3 is 2.57 bits per heavy atom. The number of halogens is 2. The lowest BCUT2D eigenvalue weighted by Crippen LogP contribution is -2.26. The molecule has 0 bridgehead atoms. The molecule has 0 atom stereocenters. The number of sulfonamides is 1. The molecule has 0 saturated heterocycles. The molecule has 21 heavy (non-hydrogen) atoms. The Labute approximate surface area is 130 Å². The summed E-state index contributed by atoms with van der Waals surface area (Å²) in [5.41, 5.74) is -0.136. The van der Waals surface area contributed by atoms with E-state index < -0.39 is 27.3 Å². The number of rotatable bonds is 8. The fraction of sp³-hybridized carbons (Fsp3) is 0.571. The average Bonchev–Trinajstić information content (AvgIpc) is 2.40. The van der Waals surface area contributed by atoms with Gasteiger partial charge in [0.1, 0.15) is 10.7 Å². The molecule has 0 aromatic heterocycles. The summed E-state index contributed by atoms with van der Waals surface area (Å²) in [6.07, 6.45) is 2.61. The molecular weight excluding hydrogens is 317 g/mol. The monoisotopic (exact) mass is 337 g/mol. The number of nitrogens with one attached hydrogen (secondary N) is 1. The molecule has 1 aromatic carbocycles. The van der Waals surface area contributed by atoms with Crippen LogP contribution in [0.5, 0.6) is 0 Å². The molecule has 0 saturated carbocycles. The Hall–Kier alpha value is -0.690. The maximum Gasteiger partial charge on any atom is 0.243 e. The van der Waals surface area contributed by atoms with Crippen LogP contribution in [-0.4, -0.2) is 20.1 Å². The fourth-order valence-corrected chi connectivity index (χ4v) is 3.41. The predicted octanol–water partition coefficient (Wildman–Crippen LogP) is 3.08. The average molecular weight is 338 g/mol. The van der Waals surface area contributed by atoms with Crippen molar-refractivity contribution in [2.75, 3.05) is 6.54 Å². The number of hydrogen-bond acceptors (Lipinski definition) is 3. The van der Waals surface area contributed by atoms with Crippen LogP contribution in [-0.2, 0) is 16.6 Å². The SMILES string of the molecule is CC(C)CCCCNS(=O)(=O)c1cc(Cl)cc(CO)c1F. The van der Waals surface area contributed by atoms with E-state index in [4.69, 9.17) is 16.7 Å². The molecule has 1 aromatic rings. The number of unbranched alkanes of at least 4 members (excludes halogenated alkanes) is 1. The van der Waals surface area contributed by atoms with Gasteiger partial charge in [0.15, 0.2) is 0 Å². The van der Waals surface area contributed by atoms with Gasteiger partial charge in [0, 0.05) is 17.1 Å². The third-order valence-corrected chi connectivity index (χ3v) is 4.72. The molecule has 7 heteroatoms. The molecule has 2 N–H and O–H groups in total. The minimum atomic E-state index is -3.97. The Morgan fingerprint density at radius 1 is 1.33 bits per heavy atom. The first-order chi connectivity index (χ1) is 9.77. The Bertz CT molecular complexity index is 576. The van der Waals surface area contributed by atoms with Crippen LogP contribution in [0.15, 0.2) is 17.0 Å². The van der Waals surface area contributed by atoms with E-state index in [9.17, 15) is 12.8 Å². The van der Waals surface area contributed by atoms with Gasteiger partial charge >= 0.3 is 0 Å². The molecule has 0 radical (unpaired) electrons. The van der Waals surface area contributed by atoms with E-state index in [2.05, 4.69) is 18.6 Å². The van der Waals surface area contributed by atoms with Gasteiger partial charge in [0.25, 0.3) is 0 Å². The number of aliphatic hydroxyl groups excluding tert-OH is 1. The van der Waals surface area contributed by atoms with Gasteiger partial charge in [0.2, 0.25) is 10.0 Å². The molecule has 0 heterocycles. The second-order valence-corrected chi connectivity index (χ2v) is 7.49. The summed E-state index contributed by atoms with van der Waals surface area (Å²) >= 11 is 5.76. The Morgan fingerprint density at radius 2 is 2.00 bits per heavy atom. The van der Waals surface area contributed by atoms with Crippen molar-refractivity contribution in [3.05, 3.63) is 28.5 Å². The van der Waals surface area contributed by atoms with Crippen LogP contribution in [0.25, 0.3) is 0 Å². The van der Waals surface area contributed by atoms with Crippen molar-refractivity contribution in [1.29, 1.82) is 0 Å². The Balaban J connectivity index is 2.77. The van der Waals surface area contributed by atoms with Crippen molar-refractivity contribution in [1.82, 2.24) is 4.72 Å². The summed E-state index contributed by atoms with van der Waals surface area (Å²) in [4.78, 5) is -0.525. The number of aliphatic hydroxyl groups is 1. The summed E-state index contributed by atoms with van der Waals surface area (Å²) in [6.45, 7) is 3.84. The third kappa shape index (κ3) is 5.54. The maximum atomic E-state index is 14.0. The predicted molar refractivity (Wildman–Crippen MR) is 81.2 cm³/mol. The zero-order valence-corrected chi connectivity index (χ0v) is 13.8. The molecule has 0 unspecified atom stereocenters. The van der Waals surface area contributed by atoms with E-state index in [1.165, 1.54) is 6.07 Å². The molecule has 120 valence electrons. The van der Waals surface area contributed by atoms with Crippen molar-refractivity contribution in [3.63, 3.8) is 0 Å². The quantitative estimate of drug-likeness (QED) is 0.716. The summed E-state index contributed by atoms with van der Waals surface area (Å²) in [5, 5.41) is 9.09. The van der Waals surface area contributed by atoms with Crippen molar-refractivity contribution in [2.24, 2.45) is 5.92 Å². The van der Waals surface area contributed by atoms with Crippen LogP contribution in [0.3, 0.4) is 0 Å². The highest BCUT2D eigenvalue weighted by molar-refractivity contribution is 7.89. The van der Waals surface area contributed by atoms with E-state index in [0.717, 1.165) is 18.9 Å². The molecule has 0 aliphatic heterocycles. The first-order valence-electron chi connectivity index (χ1n) is 6.86. The molecule has 0 spiro atoms. The van der Waals surface area contributed by atoms with E-state index in [1.807, 2.05) is 0 Å². The fourth-order valence-electron chi connectivity index (χ4n) is 1.89. The van der Waals surface area contributed by atoms with Gasteiger partial charge in [-0.2, -0.15) is 0 Å². The minimum absolute atomic E-state index is 0.0700. The normalized spacial score (nSPS) is 12.1. The Kier molecular flexibility index (Phi) is 7.06. The molecule has 1 rings (SSSR count). The van der Waals surface area contributed by atoms with Gasteiger partial charge in [-0.3, -0.25) is 0 Å². The van der Waals surface area contributed by atoms with E-state index >= 15 is 0 Å². The lowest BCUT2D eigenvalue weighted by Gasteiger charge is -2.11. The van der Waals surface area contributed by atoms with Crippen molar-refractivity contribution < 1.29 is 17.9 Å². The highest BCUT2D eigenvalue weighted by Gasteiger charge is 2.21. The second-order valence-electron chi connectivity index (χ2n) is 5.32. The zero-order chi connectivity index (χ0) is 16.0. The van der Waals surface area contributed by atoms with Crippen LogP contribution in [0.2, 0.25) is 5.02 Å². The summed E-state index contributed by atoms with van der Waals surface area (Å²) in [7, 11) is -3.97. The molecular formula is C14H21ClFNO3S. The standard InChI is InChI=1S/C14H21ClFNO3S/c1-10(2)5-3-4-6-17-21(19,20)13-8-12(15)7-11(9-18)14(13)16/h7-8,10,17-18H,3-6,9H2,1-2H3. The van der Waals surface area contributed by atoms with Crippen LogP contribution in [0.1, 0.15) is 38.7 Å². The van der Waals surface area contributed by atoms with Gasteiger partial charge in [-0.15, -0.1) is 0 Å². The number of benzene rings is 1. The summed E-state index contributed by atoms with van der Waals surface area (Å²) in [6, 6.07) is 2.26. The van der Waals surface area contributed by atoms with Crippen LogP contribution in [0, 0.1) is 11.7 Å². The molecule has 4 nitrogen and oxygen atoms in total. The maximum absolute atomic E-state index is 14.0. The smallest absolute Gasteiger partial charge is 0.243 e. The highest BCUT2D eigenvalue weighted by Crippen LogP contribution is 2.23. The van der Waals surface area contributed by atoms with Gasteiger partial charge in [-0.05, 0) is 24.5 Å². The van der Waals surface area contributed by atoms with Crippen molar-refractivity contribution >= 4 is 21.6 Å². The third-order valence-electron chi connectivity index (χ3n) is 3.04. The summed E-state index contributed by atoms with van der Waals surface area (Å²) in [5.74, 6) is -0.393. The largest absolute Gasteiger partial charge is 0.392 e. The molecule has 0 fully saturated rings. The summed E-state index contributed by atoms with van der Waals surface area (Å²) < 4.78 is 40.5. The highest BCUT2D eigenvalue weighted by atomic mass is 35.5. The van der Waals surface area contributed by atoms with E-state index in [-0.39, 0.29) is 17.1 Å². The first kappa shape index (κ1) is 18.4. The van der Waals surface area contributed by atoms with Gasteiger partial charge in [0.05, 0.1) is 6.61 Å². The van der Waals surface area contributed by atoms with Crippen LogP contribution >= 0.6 is 11.6 Å². The minimum Gasteiger partial charge on any atom is -0.392 e. The van der Waals surface area contributed by atoms with Gasteiger partial charge in [-0.1, -0.05) is 38.3 Å². The van der Waals surface area contributed by atoms with Crippen LogP contribution in [0.4, 0.5) is 4.39 Å². The lowest BCUT2D eigenvalue weighted by molar-refractivity contribution is 0.274. The molecule has 0 aliphatic rings. The van der Waals surface area contributed by atoms with E-state index in [0.29, 0.717) is 12.3 Å². The zero-order valence-electron chi connectivity index (χ0n) is 12.2. The first-order valence-corrected chi connectivity index (χ1v) is 8.72. The molecule has 0 aliphatic carbocycles. The lowest BCUT2D eigenvalue weighted by atomic mass is 10.1. The van der Waals surface area contributed by atoms with E-state index in [1.54, 1.807) is 0 Å². The topological polar surface area (TPSA) is 66.4 Å². The molecule has 0 amide bonds. The van der Waals surface area contributed by atoms with Crippen LogP contribution < -0.4 is 4.72 Å².